The lowest BCUT2D eigenvalue weighted by molar-refractivity contribution is -0.137. The molecule has 20 heavy (non-hydrogen) atoms. The molecule has 0 bridgehead atoms. The first-order valence-electron chi connectivity index (χ1n) is 7.88. The fourth-order valence-corrected chi connectivity index (χ4v) is 2.25. The zero-order valence-electron chi connectivity index (χ0n) is 12.6. The van der Waals surface area contributed by atoms with Crippen molar-refractivity contribution in [2.24, 2.45) is 0 Å². The summed E-state index contributed by atoms with van der Waals surface area (Å²) < 4.78 is 5.32. The number of carboxylic acid groups (broad SMARTS) is 1. The van der Waals surface area contributed by atoms with Gasteiger partial charge in [-0.3, -0.25) is 4.79 Å². The zero-order valence-corrected chi connectivity index (χ0v) is 12.6. The monoisotopic (exact) mass is 281 g/mol. The van der Waals surface area contributed by atoms with E-state index in [1.807, 2.05) is 0 Å². The van der Waals surface area contributed by atoms with Crippen molar-refractivity contribution in [3.8, 4) is 0 Å². The molecule has 0 saturated carbocycles. The molecule has 0 radical (unpaired) electrons. The van der Waals surface area contributed by atoms with Crippen molar-refractivity contribution in [3.63, 3.8) is 0 Å². The second-order valence-corrected chi connectivity index (χ2v) is 5.40. The Balaban J connectivity index is 2.08. The molecule has 0 aliphatic rings. The first-order valence-corrected chi connectivity index (χ1v) is 7.88. The summed E-state index contributed by atoms with van der Waals surface area (Å²) in [6.45, 7) is 2.22. The molecule has 0 unspecified atom stereocenters. The van der Waals surface area contributed by atoms with Gasteiger partial charge < -0.3 is 9.63 Å². The van der Waals surface area contributed by atoms with Crippen molar-refractivity contribution in [1.29, 1.82) is 0 Å². The van der Waals surface area contributed by atoms with Gasteiger partial charge in [0.15, 0.2) is 0 Å². The van der Waals surface area contributed by atoms with Crippen LogP contribution in [0.2, 0.25) is 0 Å². The smallest absolute Gasteiger partial charge is 0.303 e. The minimum Gasteiger partial charge on any atom is -0.481 e. The van der Waals surface area contributed by atoms with Crippen molar-refractivity contribution in [3.05, 3.63) is 17.5 Å². The van der Waals surface area contributed by atoms with Gasteiger partial charge in [-0.15, -0.1) is 0 Å². The van der Waals surface area contributed by atoms with Gasteiger partial charge in [-0.25, -0.2) is 0 Å². The SMILES string of the molecule is CCCCCCCc1cc(CCCCCC(=O)O)no1. The van der Waals surface area contributed by atoms with Crippen LogP contribution >= 0.6 is 0 Å². The van der Waals surface area contributed by atoms with Crippen LogP contribution in [0.3, 0.4) is 0 Å². The van der Waals surface area contributed by atoms with Gasteiger partial charge in [-0.2, -0.15) is 0 Å². The number of unbranched alkanes of at least 4 members (excludes halogenated alkanes) is 6. The number of aryl methyl sites for hydroxylation is 2. The summed E-state index contributed by atoms with van der Waals surface area (Å²) in [6, 6.07) is 2.05. The zero-order chi connectivity index (χ0) is 14.6. The molecule has 114 valence electrons. The van der Waals surface area contributed by atoms with Crippen LogP contribution in [-0.4, -0.2) is 16.2 Å². The third kappa shape index (κ3) is 7.97. The molecule has 0 aliphatic carbocycles. The first-order chi connectivity index (χ1) is 9.72. The number of carbonyl (C=O) groups is 1. The van der Waals surface area contributed by atoms with Crippen LogP contribution in [0, 0.1) is 0 Å². The topological polar surface area (TPSA) is 63.3 Å². The minimum atomic E-state index is -0.711. The van der Waals surface area contributed by atoms with Crippen LogP contribution < -0.4 is 0 Å². The maximum atomic E-state index is 10.4. The largest absolute Gasteiger partial charge is 0.481 e. The molecule has 0 spiro atoms. The van der Waals surface area contributed by atoms with Crippen LogP contribution in [-0.2, 0) is 17.6 Å². The molecular formula is C16H27NO3. The number of hydrogen-bond donors (Lipinski definition) is 1. The van der Waals surface area contributed by atoms with E-state index < -0.39 is 5.97 Å². The Hall–Kier alpha value is -1.32. The molecule has 0 saturated heterocycles. The van der Waals surface area contributed by atoms with Gasteiger partial charge in [0, 0.05) is 18.9 Å². The van der Waals surface area contributed by atoms with Crippen LogP contribution in [0.25, 0.3) is 0 Å². The van der Waals surface area contributed by atoms with Crippen molar-refractivity contribution < 1.29 is 14.4 Å². The third-order valence-corrected chi connectivity index (χ3v) is 3.46. The molecule has 0 atom stereocenters. The molecule has 1 aromatic heterocycles. The summed E-state index contributed by atoms with van der Waals surface area (Å²) in [5.74, 6) is 0.277. The average molecular weight is 281 g/mol. The predicted octanol–water partition coefficient (Wildman–Crippen LogP) is 4.38. The fraction of sp³-hybridized carbons (Fsp3) is 0.750. The number of nitrogens with zero attached hydrogens (tertiary/aromatic N) is 1. The summed E-state index contributed by atoms with van der Waals surface area (Å²) in [5, 5.41) is 12.6. The van der Waals surface area contributed by atoms with Gasteiger partial charge in [0.05, 0.1) is 5.69 Å². The lowest BCUT2D eigenvalue weighted by Crippen LogP contribution is -1.94. The van der Waals surface area contributed by atoms with E-state index >= 15 is 0 Å². The highest BCUT2D eigenvalue weighted by Crippen LogP contribution is 2.12. The summed E-state index contributed by atoms with van der Waals surface area (Å²) in [6.07, 6.45) is 11.1. The number of aliphatic carboxylic acids is 1. The maximum absolute atomic E-state index is 10.4. The van der Waals surface area contributed by atoms with Gasteiger partial charge >= 0.3 is 5.97 Å². The summed E-state index contributed by atoms with van der Waals surface area (Å²) >= 11 is 0. The van der Waals surface area contributed by atoms with Crippen molar-refractivity contribution >= 4 is 5.97 Å². The molecule has 0 fully saturated rings. The average Bonchev–Trinajstić information content (AvgIpc) is 2.86. The quantitative estimate of drug-likeness (QED) is 0.578. The highest BCUT2D eigenvalue weighted by molar-refractivity contribution is 5.66. The second kappa shape index (κ2) is 10.5. The van der Waals surface area contributed by atoms with Gasteiger partial charge in [0.25, 0.3) is 0 Å². The maximum Gasteiger partial charge on any atom is 0.303 e. The summed E-state index contributed by atoms with van der Waals surface area (Å²) in [4.78, 5) is 10.4. The lowest BCUT2D eigenvalue weighted by atomic mass is 10.1. The molecule has 4 nitrogen and oxygen atoms in total. The number of carboxylic acids is 1. The van der Waals surface area contributed by atoms with E-state index in [2.05, 4.69) is 18.1 Å². The minimum absolute atomic E-state index is 0.266. The first kappa shape index (κ1) is 16.7. The van der Waals surface area contributed by atoms with Crippen molar-refractivity contribution in [2.75, 3.05) is 0 Å². The third-order valence-electron chi connectivity index (χ3n) is 3.46. The van der Waals surface area contributed by atoms with E-state index in [0.717, 1.165) is 43.6 Å². The summed E-state index contributed by atoms with van der Waals surface area (Å²) in [7, 11) is 0. The second-order valence-electron chi connectivity index (χ2n) is 5.40. The van der Waals surface area contributed by atoms with Gasteiger partial charge in [0.1, 0.15) is 5.76 Å². The highest BCUT2D eigenvalue weighted by atomic mass is 16.5. The van der Waals surface area contributed by atoms with Gasteiger partial charge in [0.2, 0.25) is 0 Å². The molecule has 1 aromatic rings. The number of hydrogen-bond acceptors (Lipinski definition) is 3. The Bertz CT molecular complexity index is 374. The molecule has 0 aromatic carbocycles. The molecule has 0 aliphatic heterocycles. The Kier molecular flexibility index (Phi) is 8.76. The normalized spacial score (nSPS) is 10.8. The lowest BCUT2D eigenvalue weighted by Gasteiger charge is -1.97. The molecule has 1 heterocycles. The Morgan fingerprint density at radius 3 is 2.55 bits per heavy atom. The molecular weight excluding hydrogens is 254 g/mol. The fourth-order valence-electron chi connectivity index (χ4n) is 2.25. The van der Waals surface area contributed by atoms with Crippen LogP contribution in [0.5, 0.6) is 0 Å². The summed E-state index contributed by atoms with van der Waals surface area (Å²) in [5.41, 5.74) is 1.00. The van der Waals surface area contributed by atoms with E-state index in [1.54, 1.807) is 0 Å². The predicted molar refractivity (Wildman–Crippen MR) is 78.8 cm³/mol. The Labute approximate surface area is 121 Å². The van der Waals surface area contributed by atoms with Crippen molar-refractivity contribution in [1.82, 2.24) is 5.16 Å². The van der Waals surface area contributed by atoms with E-state index in [4.69, 9.17) is 9.63 Å². The van der Waals surface area contributed by atoms with E-state index in [9.17, 15) is 4.79 Å². The van der Waals surface area contributed by atoms with Crippen molar-refractivity contribution in [2.45, 2.75) is 77.6 Å². The number of aromatic nitrogens is 1. The molecule has 4 heteroatoms. The van der Waals surface area contributed by atoms with Crippen LogP contribution in [0.1, 0.15) is 76.2 Å². The van der Waals surface area contributed by atoms with Gasteiger partial charge in [-0.1, -0.05) is 44.2 Å². The number of rotatable bonds is 12. The standard InChI is InChI=1S/C16H27NO3/c1-2-3-4-5-8-11-15-13-14(17-20-15)10-7-6-9-12-16(18)19/h13H,2-12H2,1H3,(H,18,19). The Morgan fingerprint density at radius 2 is 1.80 bits per heavy atom. The van der Waals surface area contributed by atoms with E-state index in [0.29, 0.717) is 0 Å². The van der Waals surface area contributed by atoms with Gasteiger partial charge in [-0.05, 0) is 25.7 Å². The highest BCUT2D eigenvalue weighted by Gasteiger charge is 2.04. The van der Waals surface area contributed by atoms with E-state index in [-0.39, 0.29) is 6.42 Å². The Morgan fingerprint density at radius 1 is 1.10 bits per heavy atom. The molecule has 1 N–H and O–H groups in total. The van der Waals surface area contributed by atoms with Crippen LogP contribution in [0.4, 0.5) is 0 Å². The van der Waals surface area contributed by atoms with Crippen LogP contribution in [0.15, 0.2) is 10.6 Å². The molecule has 1 rings (SSSR count). The molecule has 0 amide bonds. The van der Waals surface area contributed by atoms with E-state index in [1.165, 1.54) is 32.1 Å².